The van der Waals surface area contributed by atoms with Crippen LogP contribution in [0.3, 0.4) is 0 Å². The highest BCUT2D eigenvalue weighted by molar-refractivity contribution is 9.10. The van der Waals surface area contributed by atoms with Crippen molar-refractivity contribution < 1.29 is 4.74 Å². The second-order valence-electron chi connectivity index (χ2n) is 3.76. The van der Waals surface area contributed by atoms with Crippen molar-refractivity contribution in [1.82, 2.24) is 0 Å². The van der Waals surface area contributed by atoms with Gasteiger partial charge < -0.3 is 10.5 Å². The van der Waals surface area contributed by atoms with E-state index in [-0.39, 0.29) is 0 Å². The molecule has 19 heavy (non-hydrogen) atoms. The van der Waals surface area contributed by atoms with E-state index < -0.39 is 0 Å². The highest BCUT2D eigenvalue weighted by Crippen LogP contribution is 2.33. The number of ether oxygens (including phenoxy) is 1. The summed E-state index contributed by atoms with van der Waals surface area (Å²) in [5.41, 5.74) is 6.46. The van der Waals surface area contributed by atoms with E-state index in [1.54, 1.807) is 11.8 Å². The second kappa shape index (κ2) is 6.41. The predicted octanol–water partition coefficient (Wildman–Crippen LogP) is 4.60. The number of rotatable bonds is 4. The number of hydrogen-bond acceptors (Lipinski definition) is 3. The molecule has 2 aromatic rings. The minimum absolute atomic E-state index is 0.318. The van der Waals surface area contributed by atoms with Gasteiger partial charge in [-0.3, -0.25) is 0 Å². The lowest BCUT2D eigenvalue weighted by atomic mass is 10.2. The van der Waals surface area contributed by atoms with Crippen molar-refractivity contribution in [3.05, 3.63) is 52.5 Å². The number of hydrogen-bond donors (Lipinski definition) is 1. The van der Waals surface area contributed by atoms with Crippen LogP contribution in [-0.2, 0) is 0 Å². The molecule has 0 spiro atoms. The lowest BCUT2D eigenvalue weighted by Gasteiger charge is -2.13. The Morgan fingerprint density at radius 2 is 1.95 bits per heavy atom. The number of thioether (sulfide) groups is 1. The molecule has 2 N–H and O–H groups in total. The van der Waals surface area contributed by atoms with Gasteiger partial charge in [-0.05, 0) is 36.6 Å². The van der Waals surface area contributed by atoms with Gasteiger partial charge in [0.25, 0.3) is 0 Å². The molecule has 0 aromatic heterocycles. The van der Waals surface area contributed by atoms with Gasteiger partial charge in [0.05, 0.1) is 5.56 Å². The molecular weight excluding hydrogens is 342 g/mol. The fourth-order valence-electron chi connectivity index (χ4n) is 1.61. The summed E-state index contributed by atoms with van der Waals surface area (Å²) in [4.78, 5) is 1.39. The van der Waals surface area contributed by atoms with Gasteiger partial charge in [-0.2, -0.15) is 0 Å². The van der Waals surface area contributed by atoms with Crippen molar-refractivity contribution in [3.63, 3.8) is 0 Å². The lowest BCUT2D eigenvalue weighted by Crippen LogP contribution is -2.10. The summed E-state index contributed by atoms with van der Waals surface area (Å²) >= 11 is 10.1. The molecule has 0 unspecified atom stereocenters. The summed E-state index contributed by atoms with van der Waals surface area (Å²) < 4.78 is 6.86. The molecular formula is C14H12BrNOS2. The summed E-state index contributed by atoms with van der Waals surface area (Å²) in [7, 11) is 0. The Balaban J connectivity index is 2.41. The molecule has 0 fully saturated rings. The van der Waals surface area contributed by atoms with Gasteiger partial charge >= 0.3 is 0 Å². The van der Waals surface area contributed by atoms with E-state index in [2.05, 4.69) is 15.9 Å². The maximum atomic E-state index is 5.94. The number of halogens is 1. The van der Waals surface area contributed by atoms with Crippen LogP contribution in [0.5, 0.6) is 11.5 Å². The molecule has 5 heteroatoms. The Morgan fingerprint density at radius 3 is 2.63 bits per heavy atom. The molecule has 0 heterocycles. The van der Waals surface area contributed by atoms with Crippen molar-refractivity contribution in [1.29, 1.82) is 0 Å². The topological polar surface area (TPSA) is 35.2 Å². The molecule has 2 nitrogen and oxygen atoms in total. The summed E-state index contributed by atoms with van der Waals surface area (Å²) in [6, 6.07) is 13.5. The maximum Gasteiger partial charge on any atom is 0.140 e. The van der Waals surface area contributed by atoms with Gasteiger partial charge in [-0.1, -0.05) is 40.3 Å². The first-order valence-corrected chi connectivity index (χ1v) is 7.94. The fourth-order valence-corrected chi connectivity index (χ4v) is 2.65. The molecule has 0 atom stereocenters. The third-order valence-electron chi connectivity index (χ3n) is 2.50. The van der Waals surface area contributed by atoms with E-state index in [0.717, 1.165) is 20.7 Å². The van der Waals surface area contributed by atoms with Gasteiger partial charge in [-0.25, -0.2) is 0 Å². The molecule has 98 valence electrons. The molecule has 0 aliphatic heterocycles. The Labute approximate surface area is 130 Å². The molecule has 0 radical (unpaired) electrons. The van der Waals surface area contributed by atoms with Crippen molar-refractivity contribution in [3.8, 4) is 11.5 Å². The average molecular weight is 354 g/mol. The summed E-state index contributed by atoms with van der Waals surface area (Å²) in [6.45, 7) is 0. The molecule has 0 aliphatic carbocycles. The SMILES string of the molecule is CSc1ccccc1Oc1ccc(Br)cc1C(N)=S. The van der Waals surface area contributed by atoms with Crippen LogP contribution in [0.2, 0.25) is 0 Å². The Bertz CT molecular complexity index is 616. The zero-order valence-electron chi connectivity index (χ0n) is 10.2. The van der Waals surface area contributed by atoms with Crippen LogP contribution in [-0.4, -0.2) is 11.2 Å². The van der Waals surface area contributed by atoms with E-state index in [9.17, 15) is 0 Å². The van der Waals surface area contributed by atoms with Crippen LogP contribution in [0.4, 0.5) is 0 Å². The van der Waals surface area contributed by atoms with Gasteiger partial charge in [0, 0.05) is 9.37 Å². The number of thiocarbonyl (C=S) groups is 1. The molecule has 2 aromatic carbocycles. The van der Waals surface area contributed by atoms with Crippen LogP contribution in [0, 0.1) is 0 Å². The molecule has 0 bridgehead atoms. The first kappa shape index (κ1) is 14.4. The molecule has 0 amide bonds. The van der Waals surface area contributed by atoms with Crippen molar-refractivity contribution in [2.75, 3.05) is 6.26 Å². The van der Waals surface area contributed by atoms with Crippen molar-refractivity contribution >= 4 is 44.9 Å². The standard InChI is InChI=1S/C14H12BrNOS2/c1-19-13-5-3-2-4-12(13)17-11-7-6-9(15)8-10(11)14(16)18/h2-8H,1H3,(H2,16,18). The van der Waals surface area contributed by atoms with Crippen LogP contribution >= 0.6 is 39.9 Å². The first-order chi connectivity index (χ1) is 9.11. The smallest absolute Gasteiger partial charge is 0.140 e. The van der Waals surface area contributed by atoms with E-state index in [0.29, 0.717) is 10.7 Å². The van der Waals surface area contributed by atoms with Gasteiger partial charge in [-0.15, -0.1) is 11.8 Å². The van der Waals surface area contributed by atoms with E-state index in [4.69, 9.17) is 22.7 Å². The normalized spacial score (nSPS) is 10.2. The second-order valence-corrected chi connectivity index (χ2v) is 5.96. The molecule has 0 aliphatic rings. The maximum absolute atomic E-state index is 5.94. The number of benzene rings is 2. The average Bonchev–Trinajstić information content (AvgIpc) is 2.41. The van der Waals surface area contributed by atoms with Crippen LogP contribution in [0.1, 0.15) is 5.56 Å². The van der Waals surface area contributed by atoms with Gasteiger partial charge in [0.15, 0.2) is 0 Å². The highest BCUT2D eigenvalue weighted by atomic mass is 79.9. The number of para-hydroxylation sites is 1. The van der Waals surface area contributed by atoms with Crippen LogP contribution in [0.25, 0.3) is 0 Å². The minimum atomic E-state index is 0.318. The first-order valence-electron chi connectivity index (χ1n) is 5.52. The third-order valence-corrected chi connectivity index (χ3v) is 3.99. The van der Waals surface area contributed by atoms with E-state index in [1.165, 1.54) is 0 Å². The predicted molar refractivity (Wildman–Crippen MR) is 88.3 cm³/mol. The molecule has 0 saturated carbocycles. The van der Waals surface area contributed by atoms with E-state index in [1.807, 2.05) is 48.7 Å². The van der Waals surface area contributed by atoms with Gasteiger partial charge in [0.2, 0.25) is 0 Å². The molecule has 0 saturated heterocycles. The zero-order valence-corrected chi connectivity index (χ0v) is 13.4. The molecule has 2 rings (SSSR count). The third kappa shape index (κ3) is 3.49. The minimum Gasteiger partial charge on any atom is -0.455 e. The fraction of sp³-hybridized carbons (Fsp3) is 0.0714. The van der Waals surface area contributed by atoms with Crippen molar-refractivity contribution in [2.24, 2.45) is 5.73 Å². The Morgan fingerprint density at radius 1 is 1.21 bits per heavy atom. The lowest BCUT2D eigenvalue weighted by molar-refractivity contribution is 0.470. The Kier molecular flexibility index (Phi) is 4.85. The van der Waals surface area contributed by atoms with Crippen molar-refractivity contribution in [2.45, 2.75) is 4.90 Å². The summed E-state index contributed by atoms with van der Waals surface area (Å²) in [6.07, 6.45) is 2.01. The van der Waals surface area contributed by atoms with Crippen LogP contribution < -0.4 is 10.5 Å². The quantitative estimate of drug-likeness (QED) is 0.643. The van der Waals surface area contributed by atoms with E-state index >= 15 is 0 Å². The Hall–Kier alpha value is -1.04. The zero-order chi connectivity index (χ0) is 13.8. The van der Waals surface area contributed by atoms with Crippen LogP contribution in [0.15, 0.2) is 51.8 Å². The summed E-state index contributed by atoms with van der Waals surface area (Å²) in [5.74, 6) is 1.46. The number of nitrogens with two attached hydrogens (primary N) is 1. The largest absolute Gasteiger partial charge is 0.455 e. The summed E-state index contributed by atoms with van der Waals surface area (Å²) in [5, 5.41) is 0. The highest BCUT2D eigenvalue weighted by Gasteiger charge is 2.10. The van der Waals surface area contributed by atoms with Gasteiger partial charge in [0.1, 0.15) is 16.5 Å². The monoisotopic (exact) mass is 353 g/mol.